The molecule has 0 unspecified atom stereocenters. The highest BCUT2D eigenvalue weighted by atomic mass is 79.9. The SMILES string of the molecule is O=C(O)c1cc(=O)[nH]c(Cc2ccc(Br)cc2)n1. The molecule has 0 amide bonds. The van der Waals surface area contributed by atoms with Crippen LogP contribution in [0.4, 0.5) is 0 Å². The van der Waals surface area contributed by atoms with Gasteiger partial charge >= 0.3 is 5.97 Å². The van der Waals surface area contributed by atoms with Crippen molar-refractivity contribution in [3.05, 3.63) is 62.2 Å². The van der Waals surface area contributed by atoms with E-state index >= 15 is 0 Å². The van der Waals surface area contributed by atoms with Gasteiger partial charge in [0, 0.05) is 17.0 Å². The Morgan fingerprint density at radius 3 is 2.61 bits per heavy atom. The standard InChI is InChI=1S/C12H9BrN2O3/c13-8-3-1-7(2-4-8)5-10-14-9(12(17)18)6-11(16)15-10/h1-4,6H,5H2,(H,17,18)(H,14,15,16). The highest BCUT2D eigenvalue weighted by Crippen LogP contribution is 2.12. The molecular weight excluding hydrogens is 300 g/mol. The van der Waals surface area contributed by atoms with E-state index in [2.05, 4.69) is 25.9 Å². The van der Waals surface area contributed by atoms with Crippen molar-refractivity contribution in [2.45, 2.75) is 6.42 Å². The molecule has 2 aromatic rings. The monoisotopic (exact) mass is 308 g/mol. The van der Waals surface area contributed by atoms with Crippen LogP contribution in [-0.2, 0) is 6.42 Å². The Labute approximate surface area is 111 Å². The van der Waals surface area contributed by atoms with Crippen molar-refractivity contribution in [3.63, 3.8) is 0 Å². The number of nitrogens with one attached hydrogen (secondary N) is 1. The molecule has 18 heavy (non-hydrogen) atoms. The molecule has 6 heteroatoms. The lowest BCUT2D eigenvalue weighted by Crippen LogP contribution is -2.15. The van der Waals surface area contributed by atoms with Crippen molar-refractivity contribution in [1.82, 2.24) is 9.97 Å². The van der Waals surface area contributed by atoms with Crippen LogP contribution in [-0.4, -0.2) is 21.0 Å². The minimum atomic E-state index is -1.21. The fourth-order valence-electron chi connectivity index (χ4n) is 1.50. The summed E-state index contributed by atoms with van der Waals surface area (Å²) in [5.74, 6) is -0.875. The fraction of sp³-hybridized carbons (Fsp3) is 0.0833. The Morgan fingerprint density at radius 2 is 2.00 bits per heavy atom. The molecule has 0 saturated heterocycles. The lowest BCUT2D eigenvalue weighted by atomic mass is 10.1. The summed E-state index contributed by atoms with van der Waals surface area (Å²) < 4.78 is 0.951. The first kappa shape index (κ1) is 12.5. The number of carboxylic acids is 1. The quantitative estimate of drug-likeness (QED) is 0.906. The van der Waals surface area contributed by atoms with Crippen molar-refractivity contribution >= 4 is 21.9 Å². The number of carbonyl (C=O) groups is 1. The van der Waals surface area contributed by atoms with Crippen molar-refractivity contribution in [3.8, 4) is 0 Å². The van der Waals surface area contributed by atoms with Gasteiger partial charge in [-0.3, -0.25) is 4.79 Å². The summed E-state index contributed by atoms with van der Waals surface area (Å²) in [5, 5.41) is 8.81. The van der Waals surface area contributed by atoms with Crippen LogP contribution < -0.4 is 5.56 Å². The van der Waals surface area contributed by atoms with Gasteiger partial charge in [-0.1, -0.05) is 28.1 Å². The number of hydrogen-bond acceptors (Lipinski definition) is 3. The maximum Gasteiger partial charge on any atom is 0.354 e. The normalized spacial score (nSPS) is 10.3. The number of rotatable bonds is 3. The Balaban J connectivity index is 2.31. The smallest absolute Gasteiger partial charge is 0.354 e. The summed E-state index contributed by atoms with van der Waals surface area (Å²) in [4.78, 5) is 28.5. The third kappa shape index (κ3) is 3.04. The zero-order valence-corrected chi connectivity index (χ0v) is 10.8. The van der Waals surface area contributed by atoms with Gasteiger partial charge in [-0.05, 0) is 17.7 Å². The molecule has 0 aliphatic rings. The summed E-state index contributed by atoms with van der Waals surface area (Å²) in [5.41, 5.74) is 0.226. The van der Waals surface area contributed by atoms with Gasteiger partial charge in [-0.2, -0.15) is 0 Å². The first-order valence-corrected chi connectivity index (χ1v) is 5.92. The first-order chi connectivity index (χ1) is 8.54. The first-order valence-electron chi connectivity index (χ1n) is 5.12. The lowest BCUT2D eigenvalue weighted by Gasteiger charge is -2.02. The lowest BCUT2D eigenvalue weighted by molar-refractivity contribution is 0.0689. The number of aromatic nitrogens is 2. The summed E-state index contributed by atoms with van der Waals surface area (Å²) in [6.07, 6.45) is 0.379. The van der Waals surface area contributed by atoms with Crippen LogP contribution in [0, 0.1) is 0 Å². The molecule has 0 spiro atoms. The van der Waals surface area contributed by atoms with Crippen molar-refractivity contribution < 1.29 is 9.90 Å². The molecule has 0 saturated carbocycles. The Hall–Kier alpha value is -1.95. The van der Waals surface area contributed by atoms with E-state index < -0.39 is 11.5 Å². The summed E-state index contributed by atoms with van der Waals surface area (Å²) in [6, 6.07) is 8.45. The Kier molecular flexibility index (Phi) is 3.57. The topological polar surface area (TPSA) is 83.0 Å². The molecule has 1 aromatic carbocycles. The third-order valence-corrected chi connectivity index (χ3v) is 2.82. The third-order valence-electron chi connectivity index (χ3n) is 2.29. The van der Waals surface area contributed by atoms with E-state index in [9.17, 15) is 9.59 Å². The van der Waals surface area contributed by atoms with Gasteiger partial charge < -0.3 is 10.1 Å². The summed E-state index contributed by atoms with van der Waals surface area (Å²) in [6.45, 7) is 0. The number of carboxylic acid groups (broad SMARTS) is 1. The van der Waals surface area contributed by atoms with Crippen molar-refractivity contribution in [2.24, 2.45) is 0 Å². The molecule has 1 aromatic heterocycles. The Bertz CT molecular complexity index is 635. The summed E-state index contributed by atoms with van der Waals surface area (Å²) in [7, 11) is 0. The predicted octanol–water partition coefficient (Wildman–Crippen LogP) is 1.82. The van der Waals surface area contributed by atoms with E-state index in [1.165, 1.54) is 0 Å². The minimum Gasteiger partial charge on any atom is -0.477 e. The number of hydrogen-bond donors (Lipinski definition) is 2. The van der Waals surface area contributed by atoms with Gasteiger partial charge in [0.05, 0.1) is 0 Å². The number of halogens is 1. The van der Waals surface area contributed by atoms with Crippen LogP contribution in [0.3, 0.4) is 0 Å². The van der Waals surface area contributed by atoms with E-state index in [1.807, 2.05) is 24.3 Å². The summed E-state index contributed by atoms with van der Waals surface area (Å²) >= 11 is 3.32. The molecule has 5 nitrogen and oxygen atoms in total. The van der Waals surface area contributed by atoms with Gasteiger partial charge in [-0.15, -0.1) is 0 Å². The maximum atomic E-state index is 11.3. The molecule has 2 N–H and O–H groups in total. The second-order valence-corrected chi connectivity index (χ2v) is 4.60. The minimum absolute atomic E-state index is 0.245. The van der Waals surface area contributed by atoms with Crippen LogP contribution in [0.15, 0.2) is 39.6 Å². The molecule has 92 valence electrons. The fourth-order valence-corrected chi connectivity index (χ4v) is 1.76. The average molecular weight is 309 g/mol. The number of H-pyrrole nitrogens is 1. The predicted molar refractivity (Wildman–Crippen MR) is 68.8 cm³/mol. The molecule has 0 aliphatic carbocycles. The van der Waals surface area contributed by atoms with E-state index in [0.29, 0.717) is 12.2 Å². The van der Waals surface area contributed by atoms with E-state index in [0.717, 1.165) is 16.1 Å². The number of nitrogens with zero attached hydrogens (tertiary/aromatic N) is 1. The highest BCUT2D eigenvalue weighted by molar-refractivity contribution is 9.10. The zero-order chi connectivity index (χ0) is 13.1. The molecule has 0 aliphatic heterocycles. The molecule has 0 fully saturated rings. The molecule has 1 heterocycles. The zero-order valence-electron chi connectivity index (χ0n) is 9.18. The molecule has 2 rings (SSSR count). The van der Waals surface area contributed by atoms with Gasteiger partial charge in [0.2, 0.25) is 0 Å². The average Bonchev–Trinajstić information content (AvgIpc) is 2.31. The van der Waals surface area contributed by atoms with Gasteiger partial charge in [-0.25, -0.2) is 9.78 Å². The largest absolute Gasteiger partial charge is 0.477 e. The van der Waals surface area contributed by atoms with Crippen LogP contribution in [0.25, 0.3) is 0 Å². The number of aromatic amines is 1. The van der Waals surface area contributed by atoms with Crippen molar-refractivity contribution in [1.29, 1.82) is 0 Å². The highest BCUT2D eigenvalue weighted by Gasteiger charge is 2.08. The van der Waals surface area contributed by atoms with Gasteiger partial charge in [0.25, 0.3) is 5.56 Å². The van der Waals surface area contributed by atoms with E-state index in [4.69, 9.17) is 5.11 Å². The Morgan fingerprint density at radius 1 is 1.33 bits per heavy atom. The second-order valence-electron chi connectivity index (χ2n) is 3.69. The van der Waals surface area contributed by atoms with E-state index in [1.54, 1.807) is 0 Å². The molecule has 0 atom stereocenters. The number of benzene rings is 1. The molecule has 0 bridgehead atoms. The van der Waals surface area contributed by atoms with Crippen molar-refractivity contribution in [2.75, 3.05) is 0 Å². The van der Waals surface area contributed by atoms with Gasteiger partial charge in [0.15, 0.2) is 5.69 Å². The van der Waals surface area contributed by atoms with Crippen LogP contribution >= 0.6 is 15.9 Å². The molecular formula is C12H9BrN2O3. The van der Waals surface area contributed by atoms with E-state index in [-0.39, 0.29) is 5.69 Å². The maximum absolute atomic E-state index is 11.3. The number of aromatic carboxylic acids is 1. The van der Waals surface area contributed by atoms with Crippen LogP contribution in [0.2, 0.25) is 0 Å². The van der Waals surface area contributed by atoms with Crippen LogP contribution in [0.5, 0.6) is 0 Å². The van der Waals surface area contributed by atoms with Crippen LogP contribution in [0.1, 0.15) is 21.9 Å². The van der Waals surface area contributed by atoms with Gasteiger partial charge in [0.1, 0.15) is 5.82 Å². The molecule has 0 radical (unpaired) electrons. The second kappa shape index (κ2) is 5.14.